The summed E-state index contributed by atoms with van der Waals surface area (Å²) in [5, 5.41) is 3.38. The third-order valence-corrected chi connectivity index (χ3v) is 6.18. The standard InChI is InChI=1S/C26H36ClN/c1-2-3-4-5-6-7-8-9-10-11-12-13-14-21-15-18-25-24(19-21)23-17-16-22(27)20-26(23)28-25/h15-20,28H,2-14H2,1H3. The molecule has 0 amide bonds. The number of aromatic amines is 1. The van der Waals surface area contributed by atoms with Crippen molar-refractivity contribution in [2.75, 3.05) is 0 Å². The summed E-state index contributed by atoms with van der Waals surface area (Å²) >= 11 is 6.12. The van der Waals surface area contributed by atoms with E-state index in [0.717, 1.165) is 10.5 Å². The number of nitrogens with one attached hydrogen (secondary N) is 1. The monoisotopic (exact) mass is 397 g/mol. The van der Waals surface area contributed by atoms with Crippen LogP contribution < -0.4 is 0 Å². The highest BCUT2D eigenvalue weighted by atomic mass is 35.5. The van der Waals surface area contributed by atoms with Gasteiger partial charge >= 0.3 is 0 Å². The van der Waals surface area contributed by atoms with Crippen molar-refractivity contribution in [1.82, 2.24) is 4.98 Å². The van der Waals surface area contributed by atoms with Crippen molar-refractivity contribution in [3.8, 4) is 0 Å². The van der Waals surface area contributed by atoms with Crippen molar-refractivity contribution in [3.63, 3.8) is 0 Å². The van der Waals surface area contributed by atoms with Gasteiger partial charge in [-0.1, -0.05) is 101 Å². The number of benzene rings is 2. The molecule has 3 rings (SSSR count). The highest BCUT2D eigenvalue weighted by Crippen LogP contribution is 2.28. The van der Waals surface area contributed by atoms with E-state index in [9.17, 15) is 0 Å². The summed E-state index contributed by atoms with van der Waals surface area (Å²) in [6.07, 6.45) is 18.1. The molecule has 2 aromatic carbocycles. The average molecular weight is 398 g/mol. The fourth-order valence-electron chi connectivity index (χ4n) is 4.25. The molecule has 0 bridgehead atoms. The zero-order valence-electron chi connectivity index (χ0n) is 17.5. The molecule has 0 spiro atoms. The lowest BCUT2D eigenvalue weighted by Gasteiger charge is -2.04. The van der Waals surface area contributed by atoms with Gasteiger partial charge in [-0.15, -0.1) is 0 Å². The Kier molecular flexibility index (Phi) is 8.73. The van der Waals surface area contributed by atoms with Gasteiger partial charge in [-0.3, -0.25) is 0 Å². The Labute approximate surface area is 175 Å². The largest absolute Gasteiger partial charge is 0.354 e. The molecule has 0 unspecified atom stereocenters. The number of hydrogen-bond acceptors (Lipinski definition) is 0. The van der Waals surface area contributed by atoms with Gasteiger partial charge < -0.3 is 4.98 Å². The lowest BCUT2D eigenvalue weighted by Crippen LogP contribution is -1.87. The molecule has 1 heterocycles. The van der Waals surface area contributed by atoms with E-state index in [4.69, 9.17) is 11.6 Å². The summed E-state index contributed by atoms with van der Waals surface area (Å²) in [6, 6.07) is 13.0. The molecule has 152 valence electrons. The zero-order chi connectivity index (χ0) is 19.6. The van der Waals surface area contributed by atoms with Crippen molar-refractivity contribution in [2.45, 2.75) is 90.4 Å². The van der Waals surface area contributed by atoms with Crippen molar-refractivity contribution in [2.24, 2.45) is 0 Å². The molecule has 0 aliphatic rings. The van der Waals surface area contributed by atoms with Gasteiger partial charge in [0.2, 0.25) is 0 Å². The molecule has 28 heavy (non-hydrogen) atoms. The van der Waals surface area contributed by atoms with Crippen LogP contribution in [0.2, 0.25) is 5.02 Å². The summed E-state index contributed by atoms with van der Waals surface area (Å²) in [5.41, 5.74) is 3.79. The molecule has 1 nitrogen and oxygen atoms in total. The normalized spacial score (nSPS) is 11.6. The minimum absolute atomic E-state index is 0.788. The maximum atomic E-state index is 6.12. The fourth-order valence-corrected chi connectivity index (χ4v) is 4.42. The van der Waals surface area contributed by atoms with Gasteiger partial charge in [0, 0.05) is 26.8 Å². The third kappa shape index (κ3) is 6.27. The molecule has 0 aliphatic carbocycles. The van der Waals surface area contributed by atoms with E-state index in [2.05, 4.69) is 36.2 Å². The van der Waals surface area contributed by atoms with E-state index in [-0.39, 0.29) is 0 Å². The zero-order valence-corrected chi connectivity index (χ0v) is 18.3. The van der Waals surface area contributed by atoms with Gasteiger partial charge in [-0.2, -0.15) is 0 Å². The molecule has 1 aromatic heterocycles. The van der Waals surface area contributed by atoms with Crippen LogP contribution >= 0.6 is 11.6 Å². The molecule has 0 atom stereocenters. The number of aryl methyl sites for hydroxylation is 1. The third-order valence-electron chi connectivity index (χ3n) is 5.94. The van der Waals surface area contributed by atoms with Crippen LogP contribution in [-0.4, -0.2) is 4.98 Å². The molecule has 3 aromatic rings. The Bertz CT molecular complexity index is 848. The molecule has 0 radical (unpaired) electrons. The molecule has 0 saturated heterocycles. The Hall–Kier alpha value is -1.47. The molecule has 0 saturated carbocycles. The minimum Gasteiger partial charge on any atom is -0.354 e. The van der Waals surface area contributed by atoms with Gasteiger partial charge in [-0.25, -0.2) is 0 Å². The first-order chi connectivity index (χ1) is 13.8. The van der Waals surface area contributed by atoms with Crippen molar-refractivity contribution < 1.29 is 0 Å². The van der Waals surface area contributed by atoms with Crippen molar-refractivity contribution in [3.05, 3.63) is 47.0 Å². The van der Waals surface area contributed by atoms with Crippen LogP contribution in [0, 0.1) is 0 Å². The lowest BCUT2D eigenvalue weighted by atomic mass is 10.0. The predicted molar refractivity (Wildman–Crippen MR) is 126 cm³/mol. The van der Waals surface area contributed by atoms with E-state index in [1.54, 1.807) is 0 Å². The van der Waals surface area contributed by atoms with Crippen LogP contribution in [0.15, 0.2) is 36.4 Å². The topological polar surface area (TPSA) is 15.8 Å². The number of hydrogen-bond donors (Lipinski definition) is 1. The van der Waals surface area contributed by atoms with Gasteiger partial charge in [0.1, 0.15) is 0 Å². The van der Waals surface area contributed by atoms with Crippen LogP contribution in [0.1, 0.15) is 89.5 Å². The van der Waals surface area contributed by atoms with E-state index in [1.165, 1.54) is 105 Å². The molecule has 0 fully saturated rings. The Morgan fingerprint density at radius 2 is 1.29 bits per heavy atom. The SMILES string of the molecule is CCCCCCCCCCCCCCc1ccc2[nH]c3cc(Cl)ccc3c2c1. The predicted octanol–water partition coefficient (Wildman–Crippen LogP) is 9.22. The average Bonchev–Trinajstić information content (AvgIpc) is 3.05. The number of unbranched alkanes of at least 4 members (excludes halogenated alkanes) is 11. The Morgan fingerprint density at radius 3 is 1.96 bits per heavy atom. The van der Waals surface area contributed by atoms with E-state index >= 15 is 0 Å². The van der Waals surface area contributed by atoms with Crippen LogP contribution in [-0.2, 0) is 6.42 Å². The van der Waals surface area contributed by atoms with E-state index < -0.39 is 0 Å². The second-order valence-corrected chi connectivity index (χ2v) is 8.77. The van der Waals surface area contributed by atoms with Gasteiger partial charge in [0.15, 0.2) is 0 Å². The molecule has 1 N–H and O–H groups in total. The first kappa shape index (κ1) is 21.2. The highest BCUT2D eigenvalue weighted by molar-refractivity contribution is 6.31. The number of aromatic nitrogens is 1. The lowest BCUT2D eigenvalue weighted by molar-refractivity contribution is 0.544. The number of rotatable bonds is 13. The van der Waals surface area contributed by atoms with Crippen LogP contribution in [0.25, 0.3) is 21.8 Å². The maximum Gasteiger partial charge on any atom is 0.0479 e. The summed E-state index contributed by atoms with van der Waals surface area (Å²) in [7, 11) is 0. The second kappa shape index (κ2) is 11.5. The number of fused-ring (bicyclic) bond motifs is 3. The number of H-pyrrole nitrogens is 1. The quantitative estimate of drug-likeness (QED) is 0.276. The first-order valence-electron chi connectivity index (χ1n) is 11.5. The van der Waals surface area contributed by atoms with Gasteiger partial charge in [-0.05, 0) is 42.7 Å². The summed E-state index contributed by atoms with van der Waals surface area (Å²) in [6.45, 7) is 2.29. The van der Waals surface area contributed by atoms with Crippen molar-refractivity contribution >= 4 is 33.4 Å². The molecule has 0 aliphatic heterocycles. The second-order valence-electron chi connectivity index (χ2n) is 8.33. The fraction of sp³-hybridized carbons (Fsp3) is 0.538. The molecule has 2 heteroatoms. The van der Waals surface area contributed by atoms with Gasteiger partial charge in [0.05, 0.1) is 0 Å². The summed E-state index contributed by atoms with van der Waals surface area (Å²) < 4.78 is 0. The first-order valence-corrected chi connectivity index (χ1v) is 11.9. The Morgan fingerprint density at radius 1 is 0.643 bits per heavy atom. The van der Waals surface area contributed by atoms with Crippen LogP contribution in [0.3, 0.4) is 0 Å². The Balaban J connectivity index is 1.33. The summed E-state index contributed by atoms with van der Waals surface area (Å²) in [5.74, 6) is 0. The van der Waals surface area contributed by atoms with E-state index in [1.807, 2.05) is 12.1 Å². The smallest absolute Gasteiger partial charge is 0.0479 e. The highest BCUT2D eigenvalue weighted by Gasteiger charge is 2.05. The maximum absolute atomic E-state index is 6.12. The van der Waals surface area contributed by atoms with Crippen LogP contribution in [0.5, 0.6) is 0 Å². The van der Waals surface area contributed by atoms with E-state index in [0.29, 0.717) is 0 Å². The van der Waals surface area contributed by atoms with Crippen LogP contribution in [0.4, 0.5) is 0 Å². The molecular formula is C26H36ClN. The van der Waals surface area contributed by atoms with Crippen molar-refractivity contribution in [1.29, 1.82) is 0 Å². The molecular weight excluding hydrogens is 362 g/mol. The number of halogens is 1. The minimum atomic E-state index is 0.788. The van der Waals surface area contributed by atoms with Gasteiger partial charge in [0.25, 0.3) is 0 Å². The summed E-state index contributed by atoms with van der Waals surface area (Å²) in [4.78, 5) is 3.48.